The molecule has 0 aromatic carbocycles. The molecule has 2 rings (SSSR count). The van der Waals surface area contributed by atoms with Gasteiger partial charge in [-0.25, -0.2) is 0 Å². The van der Waals surface area contributed by atoms with Crippen LogP contribution in [0.4, 0.5) is 5.69 Å². The standard InChI is InChI=1S/C14H22N4O5/c1-2-3-11-13(18(21)22)12(17-16-11)14(20)15-6-10(7-19)9-4-5-23-8-9/h9-10,19H,2-8H2,1H3,(H,15,20)(H,16,17). The number of nitrogens with zero attached hydrogens (tertiary/aromatic N) is 2. The minimum atomic E-state index is -0.604. The monoisotopic (exact) mass is 326 g/mol. The van der Waals surface area contributed by atoms with Gasteiger partial charge in [0.05, 0.1) is 4.92 Å². The highest BCUT2D eigenvalue weighted by molar-refractivity contribution is 5.96. The number of nitrogens with one attached hydrogen (secondary N) is 2. The SMILES string of the molecule is CCCc1[nH]nc(C(=O)NCC(CO)C2CCOC2)c1[N+](=O)[O-]. The van der Waals surface area contributed by atoms with Crippen LogP contribution in [0, 0.1) is 22.0 Å². The van der Waals surface area contributed by atoms with E-state index in [1.165, 1.54) is 0 Å². The van der Waals surface area contributed by atoms with Gasteiger partial charge in [-0.1, -0.05) is 13.3 Å². The zero-order valence-electron chi connectivity index (χ0n) is 13.1. The Morgan fingerprint density at radius 2 is 2.43 bits per heavy atom. The van der Waals surface area contributed by atoms with Crippen molar-refractivity contribution in [3.8, 4) is 0 Å². The van der Waals surface area contributed by atoms with E-state index < -0.39 is 10.8 Å². The third-order valence-corrected chi connectivity index (χ3v) is 4.10. The molecule has 23 heavy (non-hydrogen) atoms. The number of hydrogen-bond donors (Lipinski definition) is 3. The topological polar surface area (TPSA) is 130 Å². The summed E-state index contributed by atoms with van der Waals surface area (Å²) in [6, 6.07) is 0. The Morgan fingerprint density at radius 1 is 1.65 bits per heavy atom. The Balaban J connectivity index is 2.03. The first-order valence-electron chi connectivity index (χ1n) is 7.76. The molecule has 0 radical (unpaired) electrons. The Kier molecular flexibility index (Phi) is 6.05. The van der Waals surface area contributed by atoms with Crippen LogP contribution >= 0.6 is 0 Å². The van der Waals surface area contributed by atoms with Crippen LogP contribution in [0.3, 0.4) is 0 Å². The van der Waals surface area contributed by atoms with Crippen LogP contribution in [0.5, 0.6) is 0 Å². The molecule has 1 aromatic rings. The summed E-state index contributed by atoms with van der Waals surface area (Å²) in [6.07, 6.45) is 2.00. The molecule has 0 spiro atoms. The Labute approximate surface area is 133 Å². The normalized spacial score (nSPS) is 18.8. The number of H-pyrrole nitrogens is 1. The lowest BCUT2D eigenvalue weighted by atomic mass is 9.92. The number of ether oxygens (including phenoxy) is 1. The molecule has 0 saturated carbocycles. The second-order valence-electron chi connectivity index (χ2n) is 5.68. The van der Waals surface area contributed by atoms with Crippen molar-refractivity contribution < 1.29 is 19.6 Å². The van der Waals surface area contributed by atoms with Crippen LogP contribution in [-0.2, 0) is 11.2 Å². The smallest absolute Gasteiger partial charge is 0.322 e. The van der Waals surface area contributed by atoms with E-state index in [-0.39, 0.29) is 36.4 Å². The van der Waals surface area contributed by atoms with Crippen molar-refractivity contribution in [2.24, 2.45) is 11.8 Å². The molecular formula is C14H22N4O5. The summed E-state index contributed by atoms with van der Waals surface area (Å²) in [7, 11) is 0. The third-order valence-electron chi connectivity index (χ3n) is 4.10. The van der Waals surface area contributed by atoms with E-state index in [4.69, 9.17) is 4.74 Å². The summed E-state index contributed by atoms with van der Waals surface area (Å²) in [5, 5.41) is 29.6. The summed E-state index contributed by atoms with van der Waals surface area (Å²) in [6.45, 7) is 3.26. The van der Waals surface area contributed by atoms with Gasteiger partial charge in [0, 0.05) is 32.3 Å². The van der Waals surface area contributed by atoms with Gasteiger partial charge in [-0.05, 0) is 18.8 Å². The zero-order valence-corrected chi connectivity index (χ0v) is 13.1. The molecule has 2 atom stereocenters. The summed E-state index contributed by atoms with van der Waals surface area (Å²) >= 11 is 0. The van der Waals surface area contributed by atoms with Gasteiger partial charge in [-0.2, -0.15) is 5.10 Å². The van der Waals surface area contributed by atoms with E-state index in [9.17, 15) is 20.0 Å². The molecule has 1 aliphatic heterocycles. The van der Waals surface area contributed by atoms with Crippen molar-refractivity contribution in [1.82, 2.24) is 15.5 Å². The lowest BCUT2D eigenvalue weighted by Crippen LogP contribution is -2.35. The molecule has 1 aromatic heterocycles. The summed E-state index contributed by atoms with van der Waals surface area (Å²) in [5.74, 6) is -0.549. The second kappa shape index (κ2) is 8.02. The molecule has 3 N–H and O–H groups in total. The van der Waals surface area contributed by atoms with Gasteiger partial charge in [0.1, 0.15) is 5.69 Å². The van der Waals surface area contributed by atoms with Gasteiger partial charge in [0.15, 0.2) is 0 Å². The first-order chi connectivity index (χ1) is 11.1. The van der Waals surface area contributed by atoms with Crippen LogP contribution in [-0.4, -0.2) is 52.5 Å². The lowest BCUT2D eigenvalue weighted by Gasteiger charge is -2.19. The molecule has 1 fully saturated rings. The molecular weight excluding hydrogens is 304 g/mol. The second-order valence-corrected chi connectivity index (χ2v) is 5.68. The number of rotatable bonds is 8. The average molecular weight is 326 g/mol. The van der Waals surface area contributed by atoms with E-state index in [2.05, 4.69) is 15.5 Å². The van der Waals surface area contributed by atoms with Crippen molar-refractivity contribution >= 4 is 11.6 Å². The molecule has 1 aliphatic rings. The van der Waals surface area contributed by atoms with Crippen LogP contribution in [0.1, 0.15) is 35.9 Å². The quantitative estimate of drug-likeness (QED) is 0.475. The summed E-state index contributed by atoms with van der Waals surface area (Å²) in [4.78, 5) is 22.8. The molecule has 9 heteroatoms. The highest BCUT2D eigenvalue weighted by atomic mass is 16.6. The molecule has 2 heterocycles. The van der Waals surface area contributed by atoms with Gasteiger partial charge < -0.3 is 15.2 Å². The molecule has 1 saturated heterocycles. The highest BCUT2D eigenvalue weighted by Crippen LogP contribution is 2.24. The fourth-order valence-corrected chi connectivity index (χ4v) is 2.76. The summed E-state index contributed by atoms with van der Waals surface area (Å²) < 4.78 is 5.28. The average Bonchev–Trinajstić information content (AvgIpc) is 3.17. The maximum atomic E-state index is 12.2. The number of carbonyl (C=O) groups excluding carboxylic acids is 1. The van der Waals surface area contributed by atoms with E-state index >= 15 is 0 Å². The van der Waals surface area contributed by atoms with Crippen molar-refractivity contribution in [2.45, 2.75) is 26.2 Å². The largest absolute Gasteiger partial charge is 0.396 e. The number of aromatic nitrogens is 2. The number of amides is 1. The third kappa shape index (κ3) is 4.05. The van der Waals surface area contributed by atoms with Gasteiger partial charge in [0.25, 0.3) is 5.91 Å². The number of carbonyl (C=O) groups is 1. The van der Waals surface area contributed by atoms with Gasteiger partial charge in [-0.15, -0.1) is 0 Å². The van der Waals surface area contributed by atoms with Crippen molar-refractivity contribution in [3.63, 3.8) is 0 Å². The number of aliphatic hydroxyl groups excluding tert-OH is 1. The first kappa shape index (κ1) is 17.4. The minimum Gasteiger partial charge on any atom is -0.396 e. The van der Waals surface area contributed by atoms with Crippen molar-refractivity contribution in [2.75, 3.05) is 26.4 Å². The number of aromatic amines is 1. The number of aryl methyl sites for hydroxylation is 1. The van der Waals surface area contributed by atoms with Crippen LogP contribution in [0.25, 0.3) is 0 Å². The lowest BCUT2D eigenvalue weighted by molar-refractivity contribution is -0.385. The van der Waals surface area contributed by atoms with Crippen molar-refractivity contribution in [1.29, 1.82) is 0 Å². The van der Waals surface area contributed by atoms with E-state index in [1.54, 1.807) is 0 Å². The zero-order chi connectivity index (χ0) is 16.8. The Hall–Kier alpha value is -2.00. The number of nitro groups is 1. The molecule has 9 nitrogen and oxygen atoms in total. The molecule has 1 amide bonds. The number of aliphatic hydroxyl groups is 1. The highest BCUT2D eigenvalue weighted by Gasteiger charge is 2.30. The Morgan fingerprint density at radius 3 is 3.00 bits per heavy atom. The maximum Gasteiger partial charge on any atom is 0.322 e. The molecule has 128 valence electrons. The van der Waals surface area contributed by atoms with Gasteiger partial charge >= 0.3 is 5.69 Å². The molecule has 2 unspecified atom stereocenters. The number of hydrogen-bond acceptors (Lipinski definition) is 6. The minimum absolute atomic E-state index is 0.0714. The molecule has 0 aliphatic carbocycles. The van der Waals surface area contributed by atoms with Crippen LogP contribution in [0.15, 0.2) is 0 Å². The first-order valence-corrected chi connectivity index (χ1v) is 7.76. The predicted octanol–water partition coefficient (Wildman–Crippen LogP) is 0.645. The molecule has 0 bridgehead atoms. The fourth-order valence-electron chi connectivity index (χ4n) is 2.76. The van der Waals surface area contributed by atoms with E-state index in [0.29, 0.717) is 31.7 Å². The van der Waals surface area contributed by atoms with Crippen LogP contribution < -0.4 is 5.32 Å². The maximum absolute atomic E-state index is 12.2. The summed E-state index contributed by atoms with van der Waals surface area (Å²) in [5.41, 5.74) is -0.127. The van der Waals surface area contributed by atoms with Gasteiger partial charge in [0.2, 0.25) is 5.69 Å². The van der Waals surface area contributed by atoms with Crippen LogP contribution in [0.2, 0.25) is 0 Å². The fraction of sp³-hybridized carbons (Fsp3) is 0.714. The van der Waals surface area contributed by atoms with Crippen molar-refractivity contribution in [3.05, 3.63) is 21.5 Å². The predicted molar refractivity (Wildman–Crippen MR) is 81.1 cm³/mol. The van der Waals surface area contributed by atoms with Gasteiger partial charge in [-0.3, -0.25) is 20.0 Å². The Bertz CT molecular complexity index is 553. The van der Waals surface area contributed by atoms with E-state index in [0.717, 1.165) is 6.42 Å². The van der Waals surface area contributed by atoms with E-state index in [1.807, 2.05) is 6.92 Å².